The van der Waals surface area contributed by atoms with E-state index in [1.165, 1.54) is 24.3 Å². The van der Waals surface area contributed by atoms with E-state index in [4.69, 9.17) is 18.9 Å². The normalized spacial score (nSPS) is 16.3. The second kappa shape index (κ2) is 7.94. The predicted molar refractivity (Wildman–Crippen MR) is 108 cm³/mol. The lowest BCUT2D eigenvalue weighted by molar-refractivity contribution is -0.385. The van der Waals surface area contributed by atoms with Crippen molar-refractivity contribution < 1.29 is 28.7 Å². The number of hydrogen-bond donors (Lipinski definition) is 1. The van der Waals surface area contributed by atoms with Crippen LogP contribution in [-0.4, -0.2) is 30.3 Å². The summed E-state index contributed by atoms with van der Waals surface area (Å²) in [5.41, 5.74) is 1.55. The molecule has 2 aliphatic heterocycles. The minimum absolute atomic E-state index is 0.000631. The first-order valence-electron chi connectivity index (χ1n) is 9.48. The Morgan fingerprint density at radius 2 is 2.03 bits per heavy atom. The molecule has 0 fully saturated rings. The molecular weight excluding hydrogens is 392 g/mol. The number of anilines is 1. The Balaban J connectivity index is 1.56. The molecule has 0 saturated carbocycles. The zero-order valence-corrected chi connectivity index (χ0v) is 16.5. The first-order chi connectivity index (χ1) is 14.4. The molecule has 1 atom stereocenters. The number of benzene rings is 2. The number of amides is 1. The Hall–Kier alpha value is -3.75. The summed E-state index contributed by atoms with van der Waals surface area (Å²) in [6, 6.07) is 6.36. The van der Waals surface area contributed by atoms with Gasteiger partial charge in [-0.2, -0.15) is 0 Å². The van der Waals surface area contributed by atoms with Gasteiger partial charge in [-0.15, -0.1) is 0 Å². The van der Waals surface area contributed by atoms with Gasteiger partial charge in [0.25, 0.3) is 5.69 Å². The fraction of sp³-hybridized carbons (Fsp3) is 0.286. The van der Waals surface area contributed by atoms with Gasteiger partial charge >= 0.3 is 0 Å². The molecule has 1 unspecified atom stereocenters. The summed E-state index contributed by atoms with van der Waals surface area (Å²) in [5.74, 6) is 1.48. The molecule has 2 aromatic rings. The molecule has 9 nitrogen and oxygen atoms in total. The number of nitro benzene ring substituents is 1. The van der Waals surface area contributed by atoms with Crippen LogP contribution >= 0.6 is 0 Å². The van der Waals surface area contributed by atoms with Gasteiger partial charge in [0, 0.05) is 24.1 Å². The van der Waals surface area contributed by atoms with Gasteiger partial charge in [0.1, 0.15) is 17.6 Å². The van der Waals surface area contributed by atoms with Crippen molar-refractivity contribution in [3.8, 4) is 23.0 Å². The molecule has 9 heteroatoms. The molecular formula is C21H20N2O7. The quantitative estimate of drug-likeness (QED) is 0.438. The van der Waals surface area contributed by atoms with Crippen LogP contribution in [0.2, 0.25) is 0 Å². The van der Waals surface area contributed by atoms with Crippen LogP contribution in [0.15, 0.2) is 30.3 Å². The van der Waals surface area contributed by atoms with Gasteiger partial charge in [0.15, 0.2) is 11.5 Å². The second-order valence-corrected chi connectivity index (χ2v) is 6.87. The van der Waals surface area contributed by atoms with Gasteiger partial charge in [0.2, 0.25) is 12.7 Å². The molecule has 0 bridgehead atoms. The van der Waals surface area contributed by atoms with E-state index < -0.39 is 10.8 Å². The molecule has 2 heterocycles. The molecule has 2 aromatic carbocycles. The third-order valence-electron chi connectivity index (χ3n) is 4.69. The first-order valence-corrected chi connectivity index (χ1v) is 9.48. The molecule has 0 radical (unpaired) electrons. The van der Waals surface area contributed by atoms with Crippen LogP contribution in [0, 0.1) is 10.1 Å². The van der Waals surface area contributed by atoms with Crippen LogP contribution in [0.25, 0.3) is 6.08 Å². The Bertz CT molecular complexity index is 1050. The largest absolute Gasteiger partial charge is 0.492 e. The highest BCUT2D eigenvalue weighted by Crippen LogP contribution is 2.39. The topological polar surface area (TPSA) is 109 Å². The standard InChI is InChI=1S/C21H20N2O7/c1-3-27-18-8-14-6-12(2)30-17(14)9-15(18)22-21(24)5-4-13-7-19-20(29-11-28-19)10-16(13)23(25)26/h4-5,7-10,12H,3,6,11H2,1-2H3,(H,22,24)/b5-4+. The number of carbonyl (C=O) groups excluding carboxylic acids is 1. The monoisotopic (exact) mass is 412 g/mol. The van der Waals surface area contributed by atoms with Crippen LogP contribution in [0.5, 0.6) is 23.0 Å². The highest BCUT2D eigenvalue weighted by molar-refractivity contribution is 6.03. The molecule has 0 aromatic heterocycles. The number of hydrogen-bond acceptors (Lipinski definition) is 7. The Morgan fingerprint density at radius 1 is 1.27 bits per heavy atom. The maximum Gasteiger partial charge on any atom is 0.280 e. The highest BCUT2D eigenvalue weighted by Gasteiger charge is 2.24. The lowest BCUT2D eigenvalue weighted by Gasteiger charge is -2.12. The predicted octanol–water partition coefficient (Wildman–Crippen LogP) is 3.70. The van der Waals surface area contributed by atoms with Gasteiger partial charge in [-0.3, -0.25) is 14.9 Å². The molecule has 0 saturated heterocycles. The summed E-state index contributed by atoms with van der Waals surface area (Å²) in [7, 11) is 0. The van der Waals surface area contributed by atoms with Crippen molar-refractivity contribution in [2.75, 3.05) is 18.7 Å². The summed E-state index contributed by atoms with van der Waals surface area (Å²) in [4.78, 5) is 23.3. The number of fused-ring (bicyclic) bond motifs is 2. The van der Waals surface area contributed by atoms with E-state index in [0.717, 1.165) is 12.0 Å². The van der Waals surface area contributed by atoms with Gasteiger partial charge in [-0.05, 0) is 32.1 Å². The van der Waals surface area contributed by atoms with E-state index in [-0.39, 0.29) is 24.1 Å². The summed E-state index contributed by atoms with van der Waals surface area (Å²) in [5, 5.41) is 14.1. The van der Waals surface area contributed by atoms with Gasteiger partial charge in [0.05, 0.1) is 28.8 Å². The van der Waals surface area contributed by atoms with Gasteiger partial charge in [-0.1, -0.05) is 0 Å². The lowest BCUT2D eigenvalue weighted by Crippen LogP contribution is -2.10. The zero-order valence-electron chi connectivity index (χ0n) is 16.5. The van der Waals surface area contributed by atoms with Crippen molar-refractivity contribution in [3.05, 3.63) is 51.6 Å². The fourth-order valence-electron chi connectivity index (χ4n) is 3.39. The molecule has 30 heavy (non-hydrogen) atoms. The molecule has 4 rings (SSSR count). The van der Waals surface area contributed by atoms with Gasteiger partial charge in [-0.25, -0.2) is 0 Å². The second-order valence-electron chi connectivity index (χ2n) is 6.87. The number of carbonyl (C=O) groups is 1. The van der Waals surface area contributed by atoms with Crippen molar-refractivity contribution in [2.24, 2.45) is 0 Å². The third kappa shape index (κ3) is 3.86. The van der Waals surface area contributed by atoms with E-state index >= 15 is 0 Å². The van der Waals surface area contributed by atoms with E-state index in [1.54, 1.807) is 6.07 Å². The van der Waals surface area contributed by atoms with E-state index in [2.05, 4.69) is 5.32 Å². The molecule has 1 amide bonds. The third-order valence-corrected chi connectivity index (χ3v) is 4.69. The highest BCUT2D eigenvalue weighted by atomic mass is 16.7. The van der Waals surface area contributed by atoms with Gasteiger partial charge < -0.3 is 24.3 Å². The van der Waals surface area contributed by atoms with Crippen LogP contribution in [-0.2, 0) is 11.2 Å². The molecule has 156 valence electrons. The summed E-state index contributed by atoms with van der Waals surface area (Å²) >= 11 is 0. The Morgan fingerprint density at radius 3 is 2.77 bits per heavy atom. The van der Waals surface area contributed by atoms with Crippen molar-refractivity contribution in [3.63, 3.8) is 0 Å². The smallest absolute Gasteiger partial charge is 0.280 e. The number of nitro groups is 1. The van der Waals surface area contributed by atoms with E-state index in [1.807, 2.05) is 19.9 Å². The number of nitrogens with one attached hydrogen (secondary N) is 1. The van der Waals surface area contributed by atoms with Crippen LogP contribution in [0.1, 0.15) is 25.0 Å². The molecule has 0 spiro atoms. The summed E-state index contributed by atoms with van der Waals surface area (Å²) < 4.78 is 21.8. The van der Waals surface area contributed by atoms with Crippen LogP contribution in [0.3, 0.4) is 0 Å². The molecule has 1 N–H and O–H groups in total. The Labute approximate surface area is 172 Å². The van der Waals surface area contributed by atoms with Crippen molar-refractivity contribution in [1.82, 2.24) is 0 Å². The van der Waals surface area contributed by atoms with Crippen molar-refractivity contribution in [2.45, 2.75) is 26.4 Å². The van der Waals surface area contributed by atoms with Crippen molar-refractivity contribution in [1.29, 1.82) is 0 Å². The fourth-order valence-corrected chi connectivity index (χ4v) is 3.39. The zero-order chi connectivity index (χ0) is 21.3. The van der Waals surface area contributed by atoms with Crippen molar-refractivity contribution >= 4 is 23.4 Å². The lowest BCUT2D eigenvalue weighted by atomic mass is 10.1. The maximum absolute atomic E-state index is 12.5. The average Bonchev–Trinajstić information content (AvgIpc) is 3.30. The SMILES string of the molecule is CCOc1cc2c(cc1NC(=O)/C=C/c1cc3c(cc1[N+](=O)[O-])OCO3)OC(C)C2. The number of ether oxygens (including phenoxy) is 4. The molecule has 2 aliphatic rings. The van der Waals surface area contributed by atoms with Crippen LogP contribution in [0.4, 0.5) is 11.4 Å². The van der Waals surface area contributed by atoms with Crippen LogP contribution < -0.4 is 24.3 Å². The summed E-state index contributed by atoms with van der Waals surface area (Å²) in [6.45, 7) is 4.27. The van der Waals surface area contributed by atoms with E-state index in [9.17, 15) is 14.9 Å². The minimum atomic E-state index is -0.536. The van der Waals surface area contributed by atoms with E-state index in [0.29, 0.717) is 35.3 Å². The summed E-state index contributed by atoms with van der Waals surface area (Å²) in [6.07, 6.45) is 3.42. The molecule has 0 aliphatic carbocycles. The Kier molecular flexibility index (Phi) is 5.18. The minimum Gasteiger partial charge on any atom is -0.492 e. The first kappa shape index (κ1) is 19.6. The number of rotatable bonds is 6. The average molecular weight is 412 g/mol. The maximum atomic E-state index is 12.5. The number of nitrogens with zero attached hydrogens (tertiary/aromatic N) is 1.